The summed E-state index contributed by atoms with van der Waals surface area (Å²) in [6, 6.07) is 0. The second-order valence-electron chi connectivity index (χ2n) is 5.68. The van der Waals surface area contributed by atoms with Crippen LogP contribution in [0.3, 0.4) is 0 Å². The van der Waals surface area contributed by atoms with E-state index < -0.39 is 0 Å². The van der Waals surface area contributed by atoms with Crippen LogP contribution in [-0.4, -0.2) is 41.1 Å². The van der Waals surface area contributed by atoms with Gasteiger partial charge in [-0.3, -0.25) is 0 Å². The molecule has 2 N–H and O–H groups in total. The molecule has 1 unspecified atom stereocenters. The molecule has 1 aromatic rings. The predicted molar refractivity (Wildman–Crippen MR) is 87.9 cm³/mol. The average molecular weight is 292 g/mol. The molecular formula is C15H28N6. The largest absolute Gasteiger partial charge is 0.354 e. The van der Waals surface area contributed by atoms with Crippen LogP contribution in [-0.2, 0) is 0 Å². The van der Waals surface area contributed by atoms with Gasteiger partial charge in [-0.25, -0.2) is 0 Å². The second-order valence-corrected chi connectivity index (χ2v) is 5.68. The van der Waals surface area contributed by atoms with Crippen molar-refractivity contribution >= 4 is 17.8 Å². The Labute approximate surface area is 127 Å². The molecule has 1 aromatic heterocycles. The maximum atomic E-state index is 4.56. The van der Waals surface area contributed by atoms with Crippen molar-refractivity contribution in [2.75, 3.05) is 41.7 Å². The summed E-state index contributed by atoms with van der Waals surface area (Å²) in [5.74, 6) is 3.63. The molecule has 21 heavy (non-hydrogen) atoms. The van der Waals surface area contributed by atoms with E-state index in [1.165, 1.54) is 12.8 Å². The van der Waals surface area contributed by atoms with E-state index in [1.54, 1.807) is 0 Å². The highest BCUT2D eigenvalue weighted by atomic mass is 15.3. The van der Waals surface area contributed by atoms with Crippen molar-refractivity contribution in [2.45, 2.75) is 40.5 Å². The minimum atomic E-state index is 0.649. The summed E-state index contributed by atoms with van der Waals surface area (Å²) in [6.07, 6.45) is 2.74. The minimum absolute atomic E-state index is 0.649. The Balaban J connectivity index is 2.09. The van der Waals surface area contributed by atoms with Crippen LogP contribution in [0.15, 0.2) is 0 Å². The van der Waals surface area contributed by atoms with E-state index in [1.807, 2.05) is 6.92 Å². The first-order chi connectivity index (χ1) is 10.2. The lowest BCUT2D eigenvalue weighted by molar-refractivity contribution is 0.535. The van der Waals surface area contributed by atoms with E-state index in [0.717, 1.165) is 38.0 Å². The lowest BCUT2D eigenvalue weighted by Crippen LogP contribution is -2.26. The van der Waals surface area contributed by atoms with Gasteiger partial charge in [0.1, 0.15) is 0 Å². The molecule has 2 rings (SSSR count). The van der Waals surface area contributed by atoms with Gasteiger partial charge in [0.05, 0.1) is 0 Å². The molecule has 1 heterocycles. The van der Waals surface area contributed by atoms with Crippen molar-refractivity contribution in [3.8, 4) is 0 Å². The Morgan fingerprint density at radius 3 is 2.19 bits per heavy atom. The SMILES string of the molecule is CCNc1nc(NCC(C)C2CC2)nc(N(CC)CC)n1. The van der Waals surface area contributed by atoms with Crippen molar-refractivity contribution in [1.29, 1.82) is 0 Å². The average Bonchev–Trinajstić information content (AvgIpc) is 3.31. The smallest absolute Gasteiger partial charge is 0.231 e. The summed E-state index contributed by atoms with van der Waals surface area (Å²) < 4.78 is 0. The minimum Gasteiger partial charge on any atom is -0.354 e. The normalized spacial score (nSPS) is 15.6. The topological polar surface area (TPSA) is 66.0 Å². The van der Waals surface area contributed by atoms with Crippen LogP contribution in [0.4, 0.5) is 17.8 Å². The summed E-state index contributed by atoms with van der Waals surface area (Å²) in [7, 11) is 0. The first-order valence-corrected chi connectivity index (χ1v) is 8.16. The number of hydrogen-bond acceptors (Lipinski definition) is 6. The zero-order valence-electron chi connectivity index (χ0n) is 13.7. The van der Waals surface area contributed by atoms with Gasteiger partial charge in [-0.1, -0.05) is 6.92 Å². The molecule has 118 valence electrons. The first-order valence-electron chi connectivity index (χ1n) is 8.16. The van der Waals surface area contributed by atoms with E-state index in [-0.39, 0.29) is 0 Å². The summed E-state index contributed by atoms with van der Waals surface area (Å²) in [5, 5.41) is 6.56. The van der Waals surface area contributed by atoms with Gasteiger partial charge in [0.25, 0.3) is 0 Å². The third-order valence-corrected chi connectivity index (χ3v) is 4.01. The number of anilines is 3. The zero-order valence-corrected chi connectivity index (χ0v) is 13.7. The maximum absolute atomic E-state index is 4.56. The van der Waals surface area contributed by atoms with Crippen LogP contribution in [0, 0.1) is 11.8 Å². The van der Waals surface area contributed by atoms with Crippen LogP contribution in [0.5, 0.6) is 0 Å². The van der Waals surface area contributed by atoms with E-state index >= 15 is 0 Å². The molecule has 1 saturated carbocycles. The van der Waals surface area contributed by atoms with Gasteiger partial charge in [-0.15, -0.1) is 0 Å². The lowest BCUT2D eigenvalue weighted by Gasteiger charge is -2.20. The Bertz CT molecular complexity index is 442. The Morgan fingerprint density at radius 1 is 1.05 bits per heavy atom. The predicted octanol–water partition coefficient (Wildman–Crippen LogP) is 2.61. The van der Waals surface area contributed by atoms with Crippen LogP contribution in [0.1, 0.15) is 40.5 Å². The summed E-state index contributed by atoms with van der Waals surface area (Å²) in [5.41, 5.74) is 0. The van der Waals surface area contributed by atoms with Crippen molar-refractivity contribution < 1.29 is 0 Å². The molecule has 1 atom stereocenters. The summed E-state index contributed by atoms with van der Waals surface area (Å²) in [4.78, 5) is 15.6. The number of rotatable bonds is 9. The van der Waals surface area contributed by atoms with Crippen LogP contribution in [0.2, 0.25) is 0 Å². The number of nitrogens with zero attached hydrogens (tertiary/aromatic N) is 4. The molecule has 1 aliphatic rings. The monoisotopic (exact) mass is 292 g/mol. The third kappa shape index (κ3) is 4.44. The maximum Gasteiger partial charge on any atom is 0.231 e. The van der Waals surface area contributed by atoms with Gasteiger partial charge in [0.15, 0.2) is 0 Å². The van der Waals surface area contributed by atoms with Crippen molar-refractivity contribution in [1.82, 2.24) is 15.0 Å². The molecule has 6 nitrogen and oxygen atoms in total. The van der Waals surface area contributed by atoms with Crippen molar-refractivity contribution in [3.05, 3.63) is 0 Å². The highest BCUT2D eigenvalue weighted by Crippen LogP contribution is 2.36. The number of aromatic nitrogens is 3. The molecule has 0 radical (unpaired) electrons. The van der Waals surface area contributed by atoms with Crippen LogP contribution >= 0.6 is 0 Å². The van der Waals surface area contributed by atoms with Gasteiger partial charge < -0.3 is 15.5 Å². The first kappa shape index (κ1) is 15.8. The van der Waals surface area contributed by atoms with Crippen LogP contribution in [0.25, 0.3) is 0 Å². The van der Waals surface area contributed by atoms with Gasteiger partial charge in [0.2, 0.25) is 17.8 Å². The molecular weight excluding hydrogens is 264 g/mol. The molecule has 1 fully saturated rings. The quantitative estimate of drug-likeness (QED) is 0.729. The molecule has 0 aromatic carbocycles. The molecule has 0 aliphatic heterocycles. The number of nitrogens with one attached hydrogen (secondary N) is 2. The van der Waals surface area contributed by atoms with E-state index in [0.29, 0.717) is 17.8 Å². The summed E-state index contributed by atoms with van der Waals surface area (Å²) in [6.45, 7) is 12.1. The van der Waals surface area contributed by atoms with E-state index in [9.17, 15) is 0 Å². The molecule has 0 amide bonds. The standard InChI is InChI=1S/C15H28N6/c1-5-16-13-18-14(17-10-11(4)12-8-9-12)20-15(19-13)21(6-2)7-3/h11-12H,5-10H2,1-4H3,(H2,16,17,18,19,20). The molecule has 0 saturated heterocycles. The molecule has 0 spiro atoms. The fourth-order valence-corrected chi connectivity index (χ4v) is 2.41. The van der Waals surface area contributed by atoms with Crippen molar-refractivity contribution in [3.63, 3.8) is 0 Å². The Hall–Kier alpha value is -1.59. The van der Waals surface area contributed by atoms with Gasteiger partial charge >= 0.3 is 0 Å². The summed E-state index contributed by atoms with van der Waals surface area (Å²) >= 11 is 0. The highest BCUT2D eigenvalue weighted by molar-refractivity contribution is 5.43. The van der Waals surface area contributed by atoms with E-state index in [2.05, 4.69) is 51.3 Å². The Morgan fingerprint density at radius 2 is 1.67 bits per heavy atom. The lowest BCUT2D eigenvalue weighted by atomic mass is 10.1. The number of hydrogen-bond donors (Lipinski definition) is 2. The molecule has 0 bridgehead atoms. The van der Waals surface area contributed by atoms with Crippen LogP contribution < -0.4 is 15.5 Å². The fraction of sp³-hybridized carbons (Fsp3) is 0.800. The zero-order chi connectivity index (χ0) is 15.2. The Kier molecular flexibility index (Phi) is 5.59. The van der Waals surface area contributed by atoms with Gasteiger partial charge in [-0.05, 0) is 45.4 Å². The third-order valence-electron chi connectivity index (χ3n) is 4.01. The second kappa shape index (κ2) is 7.43. The van der Waals surface area contributed by atoms with Gasteiger partial charge in [0, 0.05) is 26.2 Å². The van der Waals surface area contributed by atoms with Gasteiger partial charge in [-0.2, -0.15) is 15.0 Å². The van der Waals surface area contributed by atoms with Crippen molar-refractivity contribution in [2.24, 2.45) is 11.8 Å². The molecule has 6 heteroatoms. The highest BCUT2D eigenvalue weighted by Gasteiger charge is 2.27. The van der Waals surface area contributed by atoms with E-state index in [4.69, 9.17) is 0 Å². The molecule has 1 aliphatic carbocycles. The fourth-order valence-electron chi connectivity index (χ4n) is 2.41.